The number of nitrogens with zero attached hydrogens (tertiary/aromatic N) is 1. The predicted octanol–water partition coefficient (Wildman–Crippen LogP) is 7.71. The summed E-state index contributed by atoms with van der Waals surface area (Å²) in [6.07, 6.45) is 3.05. The molecule has 0 unspecified atom stereocenters. The Morgan fingerprint density at radius 3 is 2.58 bits per heavy atom. The van der Waals surface area contributed by atoms with Crippen molar-refractivity contribution >= 4 is 56.0 Å². The highest BCUT2D eigenvalue weighted by Gasteiger charge is 2.29. The minimum Gasteiger partial charge on any atom is -0.361 e. The van der Waals surface area contributed by atoms with E-state index in [4.69, 9.17) is 0 Å². The molecule has 0 aliphatic heterocycles. The number of pyridine rings is 1. The molecule has 3 heterocycles. The smallest absolute Gasteiger partial charge is 0.361 e. The average molecular weight is 435 g/mol. The van der Waals surface area contributed by atoms with Gasteiger partial charge in [-0.2, -0.15) is 13.2 Å². The zero-order valence-electron chi connectivity index (χ0n) is 16.1. The Kier molecular flexibility index (Phi) is 4.75. The number of thiophene rings is 1. The molecule has 0 atom stereocenters. The first-order valence-electron chi connectivity index (χ1n) is 9.54. The lowest BCUT2D eigenvalue weighted by molar-refractivity contribution is -0.137. The summed E-state index contributed by atoms with van der Waals surface area (Å²) in [7, 11) is 0. The number of aromatic nitrogens is 2. The van der Waals surface area contributed by atoms with Crippen LogP contribution in [0.4, 0.5) is 24.5 Å². The van der Waals surface area contributed by atoms with E-state index < -0.39 is 11.7 Å². The summed E-state index contributed by atoms with van der Waals surface area (Å²) in [6, 6.07) is 17.2. The van der Waals surface area contributed by atoms with Gasteiger partial charge in [-0.3, -0.25) is 0 Å². The topological polar surface area (TPSA) is 40.7 Å². The van der Waals surface area contributed by atoms with Gasteiger partial charge in [0.05, 0.1) is 11.3 Å². The van der Waals surface area contributed by atoms with Gasteiger partial charge in [-0.05, 0) is 60.2 Å². The first-order valence-corrected chi connectivity index (χ1v) is 10.4. The third-order valence-electron chi connectivity index (χ3n) is 4.97. The van der Waals surface area contributed by atoms with Crippen LogP contribution in [0.2, 0.25) is 0 Å². The fourth-order valence-electron chi connectivity index (χ4n) is 3.40. The number of hydrogen-bond donors (Lipinski definition) is 2. The van der Waals surface area contributed by atoms with Crippen LogP contribution in [0, 0.1) is 0 Å². The summed E-state index contributed by atoms with van der Waals surface area (Å²) in [5.74, 6) is 0. The highest BCUT2D eigenvalue weighted by Crippen LogP contribution is 2.33. The molecule has 154 valence electrons. The van der Waals surface area contributed by atoms with Crippen molar-refractivity contribution in [1.29, 1.82) is 0 Å². The standard InChI is InChI=1S/C24H16F3N3S/c25-24(26,27)17-4-1-15(2-5-17)3-7-19-14-20-22(10-12-29-23(20)31-19)30-18-6-8-21-16(13-18)9-11-28-21/h1-14,28H,(H,29,30). The SMILES string of the molecule is FC(F)(F)c1ccc(C=Cc2cc3c(Nc4ccc5[nH]ccc5c4)ccnc3s2)cc1. The van der Waals surface area contributed by atoms with Crippen molar-refractivity contribution in [2.75, 3.05) is 5.32 Å². The number of fused-ring (bicyclic) bond motifs is 2. The van der Waals surface area contributed by atoms with Gasteiger partial charge >= 0.3 is 6.18 Å². The zero-order valence-corrected chi connectivity index (χ0v) is 16.9. The van der Waals surface area contributed by atoms with Crippen molar-refractivity contribution < 1.29 is 13.2 Å². The van der Waals surface area contributed by atoms with Crippen LogP contribution in [0.15, 0.2) is 73.1 Å². The van der Waals surface area contributed by atoms with Crippen molar-refractivity contribution in [2.45, 2.75) is 6.18 Å². The zero-order chi connectivity index (χ0) is 21.4. The van der Waals surface area contributed by atoms with Gasteiger partial charge in [-0.25, -0.2) is 4.98 Å². The molecule has 3 nitrogen and oxygen atoms in total. The van der Waals surface area contributed by atoms with Crippen molar-refractivity contribution in [3.63, 3.8) is 0 Å². The molecule has 5 rings (SSSR count). The quantitative estimate of drug-likeness (QED) is 0.303. The van der Waals surface area contributed by atoms with E-state index in [2.05, 4.69) is 21.4 Å². The molecule has 0 radical (unpaired) electrons. The molecule has 2 N–H and O–H groups in total. The molecule has 0 saturated carbocycles. The molecular formula is C24H16F3N3S. The van der Waals surface area contributed by atoms with E-state index in [0.717, 1.165) is 49.5 Å². The highest BCUT2D eigenvalue weighted by atomic mass is 32.1. The van der Waals surface area contributed by atoms with E-state index in [-0.39, 0.29) is 0 Å². The Morgan fingerprint density at radius 1 is 0.935 bits per heavy atom. The van der Waals surface area contributed by atoms with Crippen molar-refractivity contribution in [1.82, 2.24) is 9.97 Å². The van der Waals surface area contributed by atoms with Gasteiger partial charge in [0.15, 0.2) is 0 Å². The van der Waals surface area contributed by atoms with Gasteiger partial charge in [0, 0.05) is 39.2 Å². The van der Waals surface area contributed by atoms with Gasteiger partial charge in [0.1, 0.15) is 4.83 Å². The van der Waals surface area contributed by atoms with Gasteiger partial charge in [0.25, 0.3) is 0 Å². The number of rotatable bonds is 4. The lowest BCUT2D eigenvalue weighted by Gasteiger charge is -2.07. The van der Waals surface area contributed by atoms with Crippen LogP contribution in [-0.4, -0.2) is 9.97 Å². The van der Waals surface area contributed by atoms with Gasteiger partial charge in [-0.1, -0.05) is 18.2 Å². The molecule has 0 bridgehead atoms. The lowest BCUT2D eigenvalue weighted by Crippen LogP contribution is -2.03. The van der Waals surface area contributed by atoms with E-state index in [1.54, 1.807) is 12.3 Å². The van der Waals surface area contributed by atoms with E-state index in [9.17, 15) is 13.2 Å². The molecule has 0 spiro atoms. The van der Waals surface area contributed by atoms with Crippen LogP contribution in [-0.2, 0) is 6.18 Å². The van der Waals surface area contributed by atoms with Crippen LogP contribution in [0.3, 0.4) is 0 Å². The van der Waals surface area contributed by atoms with Gasteiger partial charge < -0.3 is 10.3 Å². The second-order valence-electron chi connectivity index (χ2n) is 7.08. The van der Waals surface area contributed by atoms with Crippen LogP contribution in [0.1, 0.15) is 16.0 Å². The van der Waals surface area contributed by atoms with Crippen LogP contribution in [0.25, 0.3) is 33.3 Å². The monoisotopic (exact) mass is 435 g/mol. The van der Waals surface area contributed by atoms with Crippen molar-refractivity contribution in [3.05, 3.63) is 89.1 Å². The lowest BCUT2D eigenvalue weighted by atomic mass is 10.1. The summed E-state index contributed by atoms with van der Waals surface area (Å²) < 4.78 is 38.1. The van der Waals surface area contributed by atoms with Gasteiger partial charge in [0.2, 0.25) is 0 Å². The Hall–Kier alpha value is -3.58. The number of halogens is 3. The van der Waals surface area contributed by atoms with Crippen LogP contribution < -0.4 is 5.32 Å². The van der Waals surface area contributed by atoms with Crippen LogP contribution in [0.5, 0.6) is 0 Å². The summed E-state index contributed by atoms with van der Waals surface area (Å²) in [5.41, 5.74) is 3.07. The summed E-state index contributed by atoms with van der Waals surface area (Å²) in [5, 5.41) is 5.58. The van der Waals surface area contributed by atoms with E-state index in [1.807, 2.05) is 42.6 Å². The first-order chi connectivity index (χ1) is 15.0. The Bertz CT molecular complexity index is 1400. The normalized spacial score (nSPS) is 12.2. The minimum atomic E-state index is -4.32. The number of hydrogen-bond acceptors (Lipinski definition) is 3. The molecule has 0 amide bonds. The molecule has 0 saturated heterocycles. The molecule has 0 aliphatic rings. The minimum absolute atomic E-state index is 0.649. The van der Waals surface area contributed by atoms with E-state index in [0.29, 0.717) is 5.56 Å². The maximum Gasteiger partial charge on any atom is 0.416 e. The predicted molar refractivity (Wildman–Crippen MR) is 122 cm³/mol. The number of H-pyrrole nitrogens is 1. The van der Waals surface area contributed by atoms with E-state index in [1.165, 1.54) is 23.5 Å². The average Bonchev–Trinajstić information content (AvgIpc) is 3.38. The Labute approximate surface area is 179 Å². The van der Waals surface area contributed by atoms with Gasteiger partial charge in [-0.15, -0.1) is 11.3 Å². The van der Waals surface area contributed by atoms with Crippen LogP contribution >= 0.6 is 11.3 Å². The molecule has 0 aliphatic carbocycles. The fourth-order valence-corrected chi connectivity index (χ4v) is 4.33. The molecular weight excluding hydrogens is 419 g/mol. The molecule has 31 heavy (non-hydrogen) atoms. The second kappa shape index (κ2) is 7.59. The second-order valence-corrected chi connectivity index (χ2v) is 8.15. The molecule has 5 aromatic rings. The largest absolute Gasteiger partial charge is 0.416 e. The summed E-state index contributed by atoms with van der Waals surface area (Å²) >= 11 is 1.53. The molecule has 0 fully saturated rings. The van der Waals surface area contributed by atoms with E-state index >= 15 is 0 Å². The first kappa shape index (κ1) is 19.4. The number of benzene rings is 2. The number of alkyl halides is 3. The number of nitrogens with one attached hydrogen (secondary N) is 2. The summed E-state index contributed by atoms with van der Waals surface area (Å²) in [4.78, 5) is 9.49. The maximum atomic E-state index is 12.7. The fraction of sp³-hybridized carbons (Fsp3) is 0.0417. The molecule has 3 aromatic heterocycles. The molecule has 2 aromatic carbocycles. The summed E-state index contributed by atoms with van der Waals surface area (Å²) in [6.45, 7) is 0. The maximum absolute atomic E-state index is 12.7. The third kappa shape index (κ3) is 4.04. The Morgan fingerprint density at radius 2 is 1.77 bits per heavy atom. The van der Waals surface area contributed by atoms with Crippen molar-refractivity contribution in [3.8, 4) is 0 Å². The number of aromatic amines is 1. The third-order valence-corrected chi connectivity index (χ3v) is 5.97. The number of anilines is 2. The van der Waals surface area contributed by atoms with Crippen molar-refractivity contribution in [2.24, 2.45) is 0 Å². The Balaban J connectivity index is 1.40. The highest BCUT2D eigenvalue weighted by molar-refractivity contribution is 7.19. The molecule has 7 heteroatoms.